The van der Waals surface area contributed by atoms with Gasteiger partial charge in [-0.2, -0.15) is 0 Å². The molecule has 3 nitrogen and oxygen atoms in total. The molecule has 21 heavy (non-hydrogen) atoms. The molecule has 0 radical (unpaired) electrons. The zero-order valence-electron chi connectivity index (χ0n) is 13.2. The predicted molar refractivity (Wildman–Crippen MR) is 82.4 cm³/mol. The molecule has 1 fully saturated rings. The molecule has 0 heterocycles. The first-order valence-corrected chi connectivity index (χ1v) is 7.65. The summed E-state index contributed by atoms with van der Waals surface area (Å²) in [6, 6.07) is 5.65. The van der Waals surface area contributed by atoms with E-state index in [1.807, 2.05) is 32.0 Å². The van der Waals surface area contributed by atoms with Crippen molar-refractivity contribution in [2.45, 2.75) is 40.5 Å². The number of carbonyl (C=O) groups excluding carboxylic acids is 1. The van der Waals surface area contributed by atoms with E-state index in [0.717, 1.165) is 11.1 Å². The number of hydrogen-bond donors (Lipinski definition) is 1. The van der Waals surface area contributed by atoms with E-state index in [9.17, 15) is 14.7 Å². The number of hydrogen-bond acceptors (Lipinski definition) is 2. The summed E-state index contributed by atoms with van der Waals surface area (Å²) >= 11 is 0. The van der Waals surface area contributed by atoms with Crippen molar-refractivity contribution in [3.63, 3.8) is 0 Å². The van der Waals surface area contributed by atoms with Gasteiger partial charge in [0.25, 0.3) is 0 Å². The van der Waals surface area contributed by atoms with Crippen LogP contribution >= 0.6 is 0 Å². The van der Waals surface area contributed by atoms with Crippen molar-refractivity contribution in [2.75, 3.05) is 0 Å². The van der Waals surface area contributed by atoms with Crippen molar-refractivity contribution < 1.29 is 14.7 Å². The number of carboxylic acids is 1. The van der Waals surface area contributed by atoms with Crippen LogP contribution in [0.4, 0.5) is 0 Å². The second kappa shape index (κ2) is 6.00. The maximum atomic E-state index is 12.8. The molecule has 114 valence electrons. The van der Waals surface area contributed by atoms with Gasteiger partial charge in [0.15, 0.2) is 5.78 Å². The fraction of sp³-hybridized carbons (Fsp3) is 0.556. The Bertz CT molecular complexity index is 562. The lowest BCUT2D eigenvalue weighted by Gasteiger charge is -2.36. The standard InChI is InChI=1S/C18H24O3/c1-10-5-6-14(7-11(10)2)17(19)15-8-12(3)13(4)9-16(15)18(20)21/h5-7,12-13,15-16H,8-9H2,1-4H3,(H,20,21). The number of carbonyl (C=O) groups is 2. The van der Waals surface area contributed by atoms with Gasteiger partial charge in [-0.3, -0.25) is 9.59 Å². The third-order valence-electron chi connectivity index (χ3n) is 5.15. The molecule has 1 saturated carbocycles. The molecule has 3 heteroatoms. The summed E-state index contributed by atoms with van der Waals surface area (Å²) in [6.45, 7) is 8.18. The van der Waals surface area contributed by atoms with Crippen molar-refractivity contribution >= 4 is 11.8 Å². The van der Waals surface area contributed by atoms with Crippen LogP contribution in [0.3, 0.4) is 0 Å². The monoisotopic (exact) mass is 288 g/mol. The van der Waals surface area contributed by atoms with Crippen molar-refractivity contribution in [1.29, 1.82) is 0 Å². The average molecular weight is 288 g/mol. The van der Waals surface area contributed by atoms with Crippen LogP contribution in [0.25, 0.3) is 0 Å². The molecule has 1 aliphatic rings. The lowest BCUT2D eigenvalue weighted by Crippen LogP contribution is -2.38. The smallest absolute Gasteiger partial charge is 0.307 e. The second-order valence-electron chi connectivity index (χ2n) is 6.64. The number of Topliss-reactive ketones (excluding diaryl/α,β-unsaturated/α-hetero) is 1. The summed E-state index contributed by atoms with van der Waals surface area (Å²) < 4.78 is 0. The summed E-state index contributed by atoms with van der Waals surface area (Å²) in [7, 11) is 0. The predicted octanol–water partition coefficient (Wildman–Crippen LogP) is 3.87. The summed E-state index contributed by atoms with van der Waals surface area (Å²) in [6.07, 6.45) is 1.27. The minimum Gasteiger partial charge on any atom is -0.481 e. The van der Waals surface area contributed by atoms with E-state index in [0.29, 0.717) is 30.2 Å². The third-order valence-corrected chi connectivity index (χ3v) is 5.15. The van der Waals surface area contributed by atoms with Gasteiger partial charge >= 0.3 is 5.97 Å². The Balaban J connectivity index is 2.30. The summed E-state index contributed by atoms with van der Waals surface area (Å²) in [4.78, 5) is 24.3. The molecule has 4 atom stereocenters. The molecule has 0 amide bonds. The first-order valence-electron chi connectivity index (χ1n) is 7.65. The van der Waals surface area contributed by atoms with Crippen molar-refractivity contribution in [3.8, 4) is 0 Å². The van der Waals surface area contributed by atoms with E-state index in [-0.39, 0.29) is 5.78 Å². The molecule has 0 spiro atoms. The maximum absolute atomic E-state index is 12.8. The lowest BCUT2D eigenvalue weighted by molar-refractivity contribution is -0.145. The normalized spacial score (nSPS) is 29.1. The Morgan fingerprint density at radius 1 is 1.00 bits per heavy atom. The fourth-order valence-corrected chi connectivity index (χ4v) is 3.27. The van der Waals surface area contributed by atoms with Crippen molar-refractivity contribution in [1.82, 2.24) is 0 Å². The Labute approximate surface area is 126 Å². The fourth-order valence-electron chi connectivity index (χ4n) is 3.27. The number of carboxylic acid groups (broad SMARTS) is 1. The molecule has 0 aliphatic heterocycles. The van der Waals surface area contributed by atoms with E-state index in [1.54, 1.807) is 0 Å². The van der Waals surface area contributed by atoms with Gasteiger partial charge in [-0.05, 0) is 55.7 Å². The Kier molecular flexibility index (Phi) is 4.50. The highest BCUT2D eigenvalue weighted by Gasteiger charge is 2.41. The Morgan fingerprint density at radius 3 is 2.10 bits per heavy atom. The molecular formula is C18H24O3. The zero-order valence-corrected chi connectivity index (χ0v) is 13.2. The van der Waals surface area contributed by atoms with Gasteiger partial charge in [0.2, 0.25) is 0 Å². The summed E-state index contributed by atoms with van der Waals surface area (Å²) in [5, 5.41) is 9.45. The molecule has 0 aromatic heterocycles. The van der Waals surface area contributed by atoms with E-state index in [2.05, 4.69) is 13.8 Å². The zero-order chi connectivity index (χ0) is 15.7. The highest BCUT2D eigenvalue weighted by Crippen LogP contribution is 2.39. The molecule has 2 rings (SSSR count). The molecule has 0 saturated heterocycles. The molecule has 1 aromatic carbocycles. The van der Waals surface area contributed by atoms with Crippen LogP contribution in [0.2, 0.25) is 0 Å². The van der Waals surface area contributed by atoms with Gasteiger partial charge in [-0.25, -0.2) is 0 Å². The van der Waals surface area contributed by atoms with Crippen LogP contribution in [-0.4, -0.2) is 16.9 Å². The SMILES string of the molecule is Cc1ccc(C(=O)C2CC(C)C(C)CC2C(=O)O)cc1C. The van der Waals surface area contributed by atoms with Crippen LogP contribution in [0.1, 0.15) is 48.2 Å². The maximum Gasteiger partial charge on any atom is 0.307 e. The summed E-state index contributed by atoms with van der Waals surface area (Å²) in [5.41, 5.74) is 2.87. The molecule has 4 unspecified atom stereocenters. The highest BCUT2D eigenvalue weighted by atomic mass is 16.4. The number of aryl methyl sites for hydroxylation is 2. The quantitative estimate of drug-likeness (QED) is 0.859. The van der Waals surface area contributed by atoms with Crippen LogP contribution in [0.15, 0.2) is 18.2 Å². The van der Waals surface area contributed by atoms with Gasteiger partial charge < -0.3 is 5.11 Å². The summed E-state index contributed by atoms with van der Waals surface area (Å²) in [5.74, 6) is -1.04. The minimum absolute atomic E-state index is 0.00995. The lowest BCUT2D eigenvalue weighted by atomic mass is 9.67. The average Bonchev–Trinajstić information content (AvgIpc) is 2.43. The van der Waals surface area contributed by atoms with E-state index in [1.165, 1.54) is 0 Å². The van der Waals surface area contributed by atoms with Gasteiger partial charge in [0, 0.05) is 11.5 Å². The van der Waals surface area contributed by atoms with Gasteiger partial charge in [-0.1, -0.05) is 26.0 Å². The van der Waals surface area contributed by atoms with E-state index in [4.69, 9.17) is 0 Å². The van der Waals surface area contributed by atoms with Crippen LogP contribution < -0.4 is 0 Å². The van der Waals surface area contributed by atoms with Crippen LogP contribution in [-0.2, 0) is 4.79 Å². The van der Waals surface area contributed by atoms with Crippen LogP contribution in [0, 0.1) is 37.5 Å². The molecular weight excluding hydrogens is 264 g/mol. The van der Waals surface area contributed by atoms with Gasteiger partial charge in [-0.15, -0.1) is 0 Å². The molecule has 1 N–H and O–H groups in total. The van der Waals surface area contributed by atoms with Crippen molar-refractivity contribution in [2.24, 2.45) is 23.7 Å². The number of ketones is 1. The highest BCUT2D eigenvalue weighted by molar-refractivity contribution is 6.00. The third kappa shape index (κ3) is 3.17. The number of benzene rings is 1. The Hall–Kier alpha value is -1.64. The topological polar surface area (TPSA) is 54.4 Å². The van der Waals surface area contributed by atoms with E-state index >= 15 is 0 Å². The van der Waals surface area contributed by atoms with Crippen LogP contribution in [0.5, 0.6) is 0 Å². The van der Waals surface area contributed by atoms with Crippen molar-refractivity contribution in [3.05, 3.63) is 34.9 Å². The molecule has 0 bridgehead atoms. The number of aliphatic carboxylic acids is 1. The largest absolute Gasteiger partial charge is 0.481 e. The van der Waals surface area contributed by atoms with Gasteiger partial charge in [0.05, 0.1) is 5.92 Å². The molecule has 1 aromatic rings. The second-order valence-corrected chi connectivity index (χ2v) is 6.64. The molecule has 1 aliphatic carbocycles. The first kappa shape index (κ1) is 15.7. The minimum atomic E-state index is -0.837. The Morgan fingerprint density at radius 2 is 1.57 bits per heavy atom. The van der Waals surface area contributed by atoms with Gasteiger partial charge in [0.1, 0.15) is 0 Å². The first-order chi connectivity index (χ1) is 9.81. The van der Waals surface area contributed by atoms with E-state index < -0.39 is 17.8 Å². The number of rotatable bonds is 3.